The Morgan fingerprint density at radius 2 is 1.00 bits per heavy atom. The molecule has 1 aromatic carbocycles. The van der Waals surface area contributed by atoms with Crippen molar-refractivity contribution >= 4 is 47.3 Å². The van der Waals surface area contributed by atoms with Crippen LogP contribution in [0, 0.1) is 7.05 Å². The molecule has 0 aliphatic rings. The first-order valence-electron chi connectivity index (χ1n) is 26.4. The van der Waals surface area contributed by atoms with E-state index in [1.54, 1.807) is 12.1 Å². The fourth-order valence-corrected chi connectivity index (χ4v) is 7.49. The lowest BCUT2D eigenvalue weighted by atomic mass is 10.0. The normalized spacial score (nSPS) is 12.3. The fourth-order valence-electron chi connectivity index (χ4n) is 7.49. The zero-order valence-electron chi connectivity index (χ0n) is 43.5. The molecule has 0 aliphatic heterocycles. The van der Waals surface area contributed by atoms with Gasteiger partial charge in [-0.2, -0.15) is 0 Å². The average molecular weight is 1050 g/mol. The summed E-state index contributed by atoms with van der Waals surface area (Å²) in [5.41, 5.74) is 6.26. The maximum Gasteiger partial charge on any atom is 0.326 e. The van der Waals surface area contributed by atoms with Gasteiger partial charge in [0.1, 0.15) is 25.0 Å². The highest BCUT2D eigenvalue weighted by Gasteiger charge is 2.22. The van der Waals surface area contributed by atoms with Crippen LogP contribution in [0.5, 0.6) is 5.75 Å². The highest BCUT2D eigenvalue weighted by molar-refractivity contribution is 5.87. The Morgan fingerprint density at radius 1 is 0.514 bits per heavy atom. The van der Waals surface area contributed by atoms with Crippen molar-refractivity contribution in [2.24, 2.45) is 5.73 Å². The first-order valence-corrected chi connectivity index (χ1v) is 26.4. The Morgan fingerprint density at radius 3 is 1.50 bits per heavy atom. The number of nitrogens with one attached hydrogen (secondary N) is 6. The van der Waals surface area contributed by atoms with Crippen molar-refractivity contribution in [3.05, 3.63) is 36.9 Å². The number of hydrogen-bond donors (Lipinski definition) is 10. The molecule has 420 valence electrons. The van der Waals surface area contributed by atoms with Crippen LogP contribution in [-0.4, -0.2) is 160 Å². The number of carbonyl (C=O) groups is 8. The molecular weight excluding hydrogens is 963 g/mol. The minimum Gasteiger partial charge on any atom is -0.508 e. The summed E-state index contributed by atoms with van der Waals surface area (Å²) in [7, 11) is 5.59. The predicted molar refractivity (Wildman–Crippen MR) is 275 cm³/mol. The maximum absolute atomic E-state index is 12.7. The van der Waals surface area contributed by atoms with E-state index in [0.29, 0.717) is 32.2 Å². The van der Waals surface area contributed by atoms with E-state index >= 15 is 0 Å². The second-order valence-corrected chi connectivity index (χ2v) is 18.1. The van der Waals surface area contributed by atoms with Gasteiger partial charge in [0.25, 0.3) is 0 Å². The van der Waals surface area contributed by atoms with E-state index in [0.717, 1.165) is 50.5 Å². The van der Waals surface area contributed by atoms with Crippen LogP contribution >= 0.6 is 0 Å². The third kappa shape index (κ3) is 39.2. The Labute approximate surface area is 437 Å². The average Bonchev–Trinajstić information content (AvgIpc) is 3.36. The molecule has 5 amide bonds. The van der Waals surface area contributed by atoms with E-state index in [2.05, 4.69) is 31.9 Å². The number of ether oxygens (including phenoxy) is 4. The smallest absolute Gasteiger partial charge is 0.326 e. The van der Waals surface area contributed by atoms with Gasteiger partial charge < -0.3 is 66.6 Å². The predicted octanol–water partition coefficient (Wildman–Crippen LogP) is 2.84. The van der Waals surface area contributed by atoms with Crippen LogP contribution in [0.15, 0.2) is 24.3 Å². The van der Waals surface area contributed by atoms with Gasteiger partial charge in [0.05, 0.1) is 58.3 Å². The second-order valence-electron chi connectivity index (χ2n) is 18.1. The topological polar surface area (TPSA) is 332 Å². The molecule has 3 atom stereocenters. The van der Waals surface area contributed by atoms with Crippen LogP contribution in [0.4, 0.5) is 0 Å². The number of primary amides is 1. The van der Waals surface area contributed by atoms with Crippen LogP contribution in [0.1, 0.15) is 140 Å². The standard InChI is InChI=1S/C52H87N7O15/c1-54-42(45(61)37-58-44(51(53)68)36-40-21-23-41(60)24-22-40)18-16-17-27-55-48(64)38-73-34-33-72-31-29-57-49(65)39-74-35-32-71-30-28-56-46(62)26-25-43(52(69)70)59-47(63)19-14-12-10-8-6-4-2-3-5-7-9-11-13-15-20-50(66)67/h1,21-24,42-44,54,58,60H,2-20,25-39H2,(H2,53,68)(H,55,64)(H,56,62)(H,57,65)(H,59,63)(H,66,67)(H,69,70)/t42-,43-,44-/m0/s1. The monoisotopic (exact) mass is 1050 g/mol. The van der Waals surface area contributed by atoms with Gasteiger partial charge in [0.2, 0.25) is 29.5 Å². The second kappa shape index (κ2) is 45.2. The number of hydrogen-bond acceptors (Lipinski definition) is 15. The molecule has 0 aliphatic carbocycles. The number of aromatic hydroxyl groups is 1. The molecular formula is C52H87N7O15. The summed E-state index contributed by atoms with van der Waals surface area (Å²) in [6.07, 6.45) is 17.1. The van der Waals surface area contributed by atoms with Crippen molar-refractivity contribution in [2.75, 3.05) is 79.0 Å². The van der Waals surface area contributed by atoms with Crippen LogP contribution in [0.3, 0.4) is 0 Å². The van der Waals surface area contributed by atoms with E-state index in [1.807, 2.05) is 0 Å². The number of unbranched alkanes of at least 4 members (excludes halogenated alkanes) is 14. The number of phenolic OH excluding ortho intramolecular Hbond substituents is 1. The molecule has 0 saturated carbocycles. The number of phenols is 1. The first kappa shape index (κ1) is 66.8. The van der Waals surface area contributed by atoms with E-state index in [1.165, 1.54) is 50.7 Å². The van der Waals surface area contributed by atoms with Crippen LogP contribution in [0.25, 0.3) is 0 Å². The fraction of sp³-hybridized carbons (Fsp3) is 0.712. The number of aliphatic carboxylic acids is 2. The van der Waals surface area contributed by atoms with Crippen LogP contribution in [0.2, 0.25) is 0 Å². The third-order valence-electron chi connectivity index (χ3n) is 11.8. The van der Waals surface area contributed by atoms with Crippen molar-refractivity contribution in [1.82, 2.24) is 31.9 Å². The van der Waals surface area contributed by atoms with Gasteiger partial charge in [-0.3, -0.25) is 38.9 Å². The molecule has 0 heterocycles. The molecule has 0 fully saturated rings. The number of carboxylic acids is 2. The highest BCUT2D eigenvalue weighted by atomic mass is 16.5. The van der Waals surface area contributed by atoms with Crippen molar-refractivity contribution < 1.29 is 72.6 Å². The lowest BCUT2D eigenvalue weighted by Gasteiger charge is -2.19. The third-order valence-corrected chi connectivity index (χ3v) is 11.8. The number of rotatable bonds is 51. The van der Waals surface area contributed by atoms with Gasteiger partial charge in [-0.15, -0.1) is 0 Å². The molecule has 22 nitrogen and oxygen atoms in total. The molecule has 74 heavy (non-hydrogen) atoms. The summed E-state index contributed by atoms with van der Waals surface area (Å²) < 4.78 is 21.4. The number of carboxylic acid groups (broad SMARTS) is 2. The van der Waals surface area contributed by atoms with E-state index in [-0.39, 0.29) is 140 Å². The molecule has 0 unspecified atom stereocenters. The largest absolute Gasteiger partial charge is 0.508 e. The van der Waals surface area contributed by atoms with E-state index in [9.17, 15) is 48.6 Å². The zero-order valence-corrected chi connectivity index (χ0v) is 43.5. The quantitative estimate of drug-likeness (QED) is 0.0331. The summed E-state index contributed by atoms with van der Waals surface area (Å²) in [5, 5.41) is 43.6. The minimum absolute atomic E-state index is 0.0413. The Balaban J connectivity index is 1.95. The lowest BCUT2D eigenvalue weighted by molar-refractivity contribution is -0.142. The van der Waals surface area contributed by atoms with Gasteiger partial charge in [0, 0.05) is 45.9 Å². The van der Waals surface area contributed by atoms with Crippen molar-refractivity contribution in [1.29, 1.82) is 0 Å². The minimum atomic E-state index is -1.19. The molecule has 1 rings (SSSR count). The number of amides is 5. The van der Waals surface area contributed by atoms with Crippen molar-refractivity contribution in [2.45, 2.75) is 159 Å². The Hall–Kier alpha value is -5.26. The summed E-state index contributed by atoms with van der Waals surface area (Å²) in [6, 6.07) is 3.72. The number of carbonyl (C=O) groups excluding carboxylic acids is 6. The lowest BCUT2D eigenvalue weighted by Crippen LogP contribution is -2.48. The molecule has 0 bridgehead atoms. The number of benzene rings is 1. The molecule has 22 heteroatoms. The molecule has 0 aromatic heterocycles. The number of nitrogens with two attached hydrogens (primary N) is 1. The molecule has 1 aromatic rings. The van der Waals surface area contributed by atoms with Crippen LogP contribution in [-0.2, 0) is 63.7 Å². The summed E-state index contributed by atoms with van der Waals surface area (Å²) >= 11 is 0. The van der Waals surface area contributed by atoms with Gasteiger partial charge in [-0.05, 0) is 62.6 Å². The van der Waals surface area contributed by atoms with E-state index < -0.39 is 36.0 Å². The highest BCUT2D eigenvalue weighted by Crippen LogP contribution is 2.15. The number of ketones is 1. The first-order chi connectivity index (χ1) is 35.7. The zero-order chi connectivity index (χ0) is 54.4. The maximum atomic E-state index is 12.7. The van der Waals surface area contributed by atoms with Gasteiger partial charge in [0.15, 0.2) is 5.78 Å². The number of Topliss-reactive ketones (excluding diaryl/α,β-unsaturated/α-hetero) is 1. The molecule has 2 radical (unpaired) electrons. The molecule has 11 N–H and O–H groups in total. The Kier molecular flexibility index (Phi) is 40.7. The summed E-state index contributed by atoms with van der Waals surface area (Å²) in [4.78, 5) is 95.5. The van der Waals surface area contributed by atoms with Crippen LogP contribution < -0.4 is 37.6 Å². The molecule has 0 spiro atoms. The summed E-state index contributed by atoms with van der Waals surface area (Å²) in [5.74, 6) is -4.04. The van der Waals surface area contributed by atoms with Crippen molar-refractivity contribution in [3.63, 3.8) is 0 Å². The van der Waals surface area contributed by atoms with E-state index in [4.69, 9.17) is 36.8 Å². The van der Waals surface area contributed by atoms with Gasteiger partial charge >= 0.3 is 11.9 Å². The Bertz CT molecular complexity index is 1720. The van der Waals surface area contributed by atoms with Gasteiger partial charge in [-0.25, -0.2) is 4.79 Å². The van der Waals surface area contributed by atoms with Gasteiger partial charge in [-0.1, -0.05) is 89.2 Å². The SMILES string of the molecule is [CH]N[C@@H](CCCCNC(=O)COCCOCCNC(=O)COCCOCCNC(=O)CC[C@H](NC(=O)CCCCCCCCCCCCCCCCC(=O)O)C(=O)O)C(=O)CN[C@@H](Cc1ccc(O)cc1)C(N)=O. The molecule has 0 saturated heterocycles. The van der Waals surface area contributed by atoms with Crippen molar-refractivity contribution in [3.8, 4) is 5.75 Å². The summed E-state index contributed by atoms with van der Waals surface area (Å²) in [6.45, 7) is 1.41.